The molecule has 0 amide bonds. The molecule has 0 spiro atoms. The van der Waals surface area contributed by atoms with Crippen LogP contribution in [0.25, 0.3) is 0 Å². The van der Waals surface area contributed by atoms with Gasteiger partial charge in [0.25, 0.3) is 0 Å². The van der Waals surface area contributed by atoms with Crippen LogP contribution in [-0.4, -0.2) is 11.8 Å². The summed E-state index contributed by atoms with van der Waals surface area (Å²) < 4.78 is 0. The van der Waals surface area contributed by atoms with Gasteiger partial charge in [-0.1, -0.05) is 50.0 Å². The Morgan fingerprint density at radius 1 is 1.33 bits per heavy atom. The summed E-state index contributed by atoms with van der Waals surface area (Å²) in [6.45, 7) is 6.08. The maximum Gasteiger partial charge on any atom is 0.138 e. The van der Waals surface area contributed by atoms with Crippen molar-refractivity contribution in [3.8, 4) is 0 Å². The third kappa shape index (κ3) is 4.60. The van der Waals surface area contributed by atoms with Crippen LogP contribution in [0.1, 0.15) is 32.8 Å². The molecule has 1 aromatic carbocycles. The molecule has 2 nitrogen and oxygen atoms in total. The summed E-state index contributed by atoms with van der Waals surface area (Å²) in [7, 11) is 0. The number of benzene rings is 1. The first kappa shape index (κ1) is 15.5. The predicted octanol–water partition coefficient (Wildman–Crippen LogP) is 3.87. The van der Waals surface area contributed by atoms with E-state index in [0.717, 1.165) is 5.56 Å². The maximum atomic E-state index is 11.9. The fourth-order valence-corrected chi connectivity index (χ4v) is 1.98. The highest BCUT2D eigenvalue weighted by molar-refractivity contribution is 6.35. The van der Waals surface area contributed by atoms with Crippen LogP contribution in [-0.2, 0) is 11.2 Å². The lowest BCUT2D eigenvalue weighted by molar-refractivity contribution is -0.119. The van der Waals surface area contributed by atoms with E-state index in [1.54, 1.807) is 18.2 Å². The minimum atomic E-state index is -0.143. The van der Waals surface area contributed by atoms with Crippen LogP contribution >= 0.6 is 23.2 Å². The molecular formula is C14H19Cl2NO. The zero-order chi connectivity index (χ0) is 13.9. The largest absolute Gasteiger partial charge is 0.327 e. The van der Waals surface area contributed by atoms with Crippen LogP contribution in [0.2, 0.25) is 10.0 Å². The first-order valence-electron chi connectivity index (χ1n) is 5.91. The molecule has 18 heavy (non-hydrogen) atoms. The van der Waals surface area contributed by atoms with E-state index >= 15 is 0 Å². The van der Waals surface area contributed by atoms with Gasteiger partial charge in [-0.25, -0.2) is 0 Å². The minimum Gasteiger partial charge on any atom is -0.327 e. The number of nitrogens with two attached hydrogens (primary N) is 1. The van der Waals surface area contributed by atoms with Crippen LogP contribution in [0.5, 0.6) is 0 Å². The Kier molecular flexibility index (Phi) is 5.20. The van der Waals surface area contributed by atoms with Gasteiger partial charge in [-0.2, -0.15) is 0 Å². The lowest BCUT2D eigenvalue weighted by Gasteiger charge is -2.26. The topological polar surface area (TPSA) is 43.1 Å². The average Bonchev–Trinajstić information content (AvgIpc) is 2.20. The van der Waals surface area contributed by atoms with Crippen molar-refractivity contribution in [2.24, 2.45) is 11.1 Å². The second-order valence-electron chi connectivity index (χ2n) is 5.63. The third-order valence-corrected chi connectivity index (χ3v) is 3.55. The quantitative estimate of drug-likeness (QED) is 0.914. The van der Waals surface area contributed by atoms with Gasteiger partial charge in [0, 0.05) is 28.9 Å². The normalized spacial score (nSPS) is 13.4. The molecule has 0 radical (unpaired) electrons. The van der Waals surface area contributed by atoms with E-state index < -0.39 is 0 Å². The summed E-state index contributed by atoms with van der Waals surface area (Å²) in [5, 5.41) is 1.10. The number of carbonyl (C=O) groups is 1. The highest BCUT2D eigenvalue weighted by Gasteiger charge is 2.23. The van der Waals surface area contributed by atoms with E-state index in [9.17, 15) is 4.79 Å². The lowest BCUT2D eigenvalue weighted by atomic mass is 9.84. The molecule has 1 unspecified atom stereocenters. The fourth-order valence-electron chi connectivity index (χ4n) is 1.50. The molecule has 0 aliphatic rings. The zero-order valence-electron chi connectivity index (χ0n) is 11.0. The van der Waals surface area contributed by atoms with Gasteiger partial charge in [-0.05, 0) is 23.1 Å². The summed E-state index contributed by atoms with van der Waals surface area (Å²) in [6.07, 6.45) is 0.669. The molecule has 0 aliphatic heterocycles. The molecule has 0 heterocycles. The van der Waals surface area contributed by atoms with Crippen LogP contribution < -0.4 is 5.73 Å². The molecule has 1 atom stereocenters. The SMILES string of the molecule is CC(C)(C)C(N)CC(=O)Cc1ccc(Cl)cc1Cl. The number of ketones is 1. The van der Waals surface area contributed by atoms with Crippen molar-refractivity contribution < 1.29 is 4.79 Å². The summed E-state index contributed by atoms with van der Waals surface area (Å²) in [4.78, 5) is 11.9. The Hall–Kier alpha value is -0.570. The number of rotatable bonds is 4. The summed E-state index contributed by atoms with van der Waals surface area (Å²) in [5.74, 6) is 0.0987. The number of carbonyl (C=O) groups excluding carboxylic acids is 1. The van der Waals surface area contributed by atoms with E-state index in [1.807, 2.05) is 20.8 Å². The summed E-state index contributed by atoms with van der Waals surface area (Å²) in [5.41, 5.74) is 6.72. The van der Waals surface area contributed by atoms with E-state index in [1.165, 1.54) is 0 Å². The van der Waals surface area contributed by atoms with Crippen LogP contribution in [0, 0.1) is 5.41 Å². The molecule has 4 heteroatoms. The molecule has 0 saturated heterocycles. The molecular weight excluding hydrogens is 269 g/mol. The number of Topliss-reactive ketones (excluding diaryl/α,β-unsaturated/α-hetero) is 1. The van der Waals surface area contributed by atoms with Crippen LogP contribution in [0.4, 0.5) is 0 Å². The second kappa shape index (κ2) is 6.05. The Balaban J connectivity index is 2.65. The Labute approximate surface area is 118 Å². The molecule has 0 aliphatic carbocycles. The monoisotopic (exact) mass is 287 g/mol. The number of halogens is 2. The van der Waals surface area contributed by atoms with Gasteiger partial charge in [-0.15, -0.1) is 0 Å². The zero-order valence-corrected chi connectivity index (χ0v) is 12.5. The molecule has 100 valence electrons. The Morgan fingerprint density at radius 2 is 1.94 bits per heavy atom. The highest BCUT2D eigenvalue weighted by atomic mass is 35.5. The molecule has 0 aromatic heterocycles. The first-order chi connectivity index (χ1) is 8.20. The third-order valence-electron chi connectivity index (χ3n) is 2.96. The van der Waals surface area contributed by atoms with E-state index in [-0.39, 0.29) is 17.2 Å². The molecule has 0 fully saturated rings. The van der Waals surface area contributed by atoms with Crippen LogP contribution in [0.3, 0.4) is 0 Å². The molecule has 1 aromatic rings. The van der Waals surface area contributed by atoms with Gasteiger partial charge >= 0.3 is 0 Å². The molecule has 0 saturated carbocycles. The van der Waals surface area contributed by atoms with Gasteiger partial charge in [0.1, 0.15) is 5.78 Å². The predicted molar refractivity (Wildman–Crippen MR) is 77.2 cm³/mol. The van der Waals surface area contributed by atoms with E-state index in [0.29, 0.717) is 22.9 Å². The van der Waals surface area contributed by atoms with Crippen molar-refractivity contribution >= 4 is 29.0 Å². The number of hydrogen-bond acceptors (Lipinski definition) is 2. The Morgan fingerprint density at radius 3 is 2.44 bits per heavy atom. The summed E-state index contributed by atoms with van der Waals surface area (Å²) in [6, 6.07) is 5.02. The second-order valence-corrected chi connectivity index (χ2v) is 6.47. The average molecular weight is 288 g/mol. The lowest BCUT2D eigenvalue weighted by Crippen LogP contribution is -2.37. The van der Waals surface area contributed by atoms with Gasteiger partial charge in [-0.3, -0.25) is 4.79 Å². The maximum absolute atomic E-state index is 11.9. The van der Waals surface area contributed by atoms with E-state index in [4.69, 9.17) is 28.9 Å². The highest BCUT2D eigenvalue weighted by Crippen LogP contribution is 2.24. The minimum absolute atomic E-state index is 0.0700. The van der Waals surface area contributed by atoms with Crippen molar-refractivity contribution in [3.63, 3.8) is 0 Å². The molecule has 2 N–H and O–H groups in total. The van der Waals surface area contributed by atoms with Gasteiger partial charge < -0.3 is 5.73 Å². The van der Waals surface area contributed by atoms with Gasteiger partial charge in [0.15, 0.2) is 0 Å². The first-order valence-corrected chi connectivity index (χ1v) is 6.67. The fraction of sp³-hybridized carbons (Fsp3) is 0.500. The summed E-state index contributed by atoms with van der Waals surface area (Å²) >= 11 is 11.8. The van der Waals surface area contributed by atoms with Gasteiger partial charge in [0.05, 0.1) is 0 Å². The van der Waals surface area contributed by atoms with Crippen molar-refractivity contribution in [1.29, 1.82) is 0 Å². The molecule has 1 rings (SSSR count). The van der Waals surface area contributed by atoms with Crippen molar-refractivity contribution in [2.75, 3.05) is 0 Å². The Bertz CT molecular complexity index is 438. The standard InChI is InChI=1S/C14H19Cl2NO/c1-14(2,3)13(17)8-11(18)6-9-4-5-10(15)7-12(9)16/h4-5,7,13H,6,8,17H2,1-3H3. The van der Waals surface area contributed by atoms with E-state index in [2.05, 4.69) is 0 Å². The van der Waals surface area contributed by atoms with Crippen molar-refractivity contribution in [1.82, 2.24) is 0 Å². The number of hydrogen-bond donors (Lipinski definition) is 1. The van der Waals surface area contributed by atoms with Crippen molar-refractivity contribution in [3.05, 3.63) is 33.8 Å². The smallest absolute Gasteiger partial charge is 0.138 e. The molecule has 0 bridgehead atoms. The van der Waals surface area contributed by atoms with Crippen molar-refractivity contribution in [2.45, 2.75) is 39.7 Å². The van der Waals surface area contributed by atoms with Crippen LogP contribution in [0.15, 0.2) is 18.2 Å². The van der Waals surface area contributed by atoms with Gasteiger partial charge in [0.2, 0.25) is 0 Å².